The average Bonchev–Trinajstić information content (AvgIpc) is 2.45. The first-order valence-electron chi connectivity index (χ1n) is 7.42. The predicted molar refractivity (Wildman–Crippen MR) is 78.6 cm³/mol. The van der Waals surface area contributed by atoms with Crippen LogP contribution in [0.3, 0.4) is 0 Å². The molecule has 0 radical (unpaired) electrons. The molecule has 1 heterocycles. The molecule has 0 amide bonds. The fourth-order valence-electron chi connectivity index (χ4n) is 2.85. The Morgan fingerprint density at radius 1 is 1.16 bits per heavy atom. The SMILES string of the molecule is CC1(NCc2ccc(N3CCOCC3)cc2)CCC1. The summed E-state index contributed by atoms with van der Waals surface area (Å²) in [6.07, 6.45) is 4.01. The lowest BCUT2D eigenvalue weighted by Gasteiger charge is -2.39. The summed E-state index contributed by atoms with van der Waals surface area (Å²) in [7, 11) is 0. The molecular formula is C16H24N2O. The van der Waals surface area contributed by atoms with Gasteiger partial charge in [0.05, 0.1) is 13.2 Å². The van der Waals surface area contributed by atoms with Crippen molar-refractivity contribution in [1.29, 1.82) is 0 Å². The van der Waals surface area contributed by atoms with Gasteiger partial charge in [0.15, 0.2) is 0 Å². The zero-order chi connectivity index (χ0) is 13.1. The number of hydrogen-bond acceptors (Lipinski definition) is 3. The molecule has 3 heteroatoms. The highest BCUT2D eigenvalue weighted by molar-refractivity contribution is 5.47. The van der Waals surface area contributed by atoms with Crippen LogP contribution in [0.4, 0.5) is 5.69 Å². The van der Waals surface area contributed by atoms with Gasteiger partial charge in [-0.1, -0.05) is 12.1 Å². The van der Waals surface area contributed by atoms with Crippen LogP contribution in [-0.2, 0) is 11.3 Å². The van der Waals surface area contributed by atoms with E-state index in [0.717, 1.165) is 32.8 Å². The van der Waals surface area contributed by atoms with Gasteiger partial charge in [0.25, 0.3) is 0 Å². The van der Waals surface area contributed by atoms with Crippen molar-refractivity contribution in [3.8, 4) is 0 Å². The third-order valence-electron chi connectivity index (χ3n) is 4.49. The van der Waals surface area contributed by atoms with Crippen LogP contribution in [0.2, 0.25) is 0 Å². The van der Waals surface area contributed by atoms with Gasteiger partial charge in [0.2, 0.25) is 0 Å². The van der Waals surface area contributed by atoms with Crippen LogP contribution in [0, 0.1) is 0 Å². The molecule has 1 aromatic rings. The van der Waals surface area contributed by atoms with Crippen molar-refractivity contribution < 1.29 is 4.74 Å². The maximum absolute atomic E-state index is 5.39. The Labute approximate surface area is 115 Å². The molecule has 0 spiro atoms. The Morgan fingerprint density at radius 2 is 1.84 bits per heavy atom. The second-order valence-electron chi connectivity index (χ2n) is 6.03. The molecule has 0 bridgehead atoms. The molecule has 104 valence electrons. The molecule has 1 N–H and O–H groups in total. The van der Waals surface area contributed by atoms with Gasteiger partial charge in [-0.2, -0.15) is 0 Å². The summed E-state index contributed by atoms with van der Waals surface area (Å²) in [5, 5.41) is 3.68. The fraction of sp³-hybridized carbons (Fsp3) is 0.625. The standard InChI is InChI=1S/C16H24N2O/c1-16(7-2-8-16)17-13-14-3-5-15(6-4-14)18-9-11-19-12-10-18/h3-6,17H,2,7-13H2,1H3. The molecule has 2 fully saturated rings. The normalized spacial score (nSPS) is 22.1. The predicted octanol–water partition coefficient (Wildman–Crippen LogP) is 2.56. The van der Waals surface area contributed by atoms with E-state index in [1.165, 1.54) is 30.5 Å². The van der Waals surface area contributed by atoms with E-state index in [1.807, 2.05) is 0 Å². The summed E-state index contributed by atoms with van der Waals surface area (Å²) in [5.74, 6) is 0. The molecule has 3 rings (SSSR count). The van der Waals surface area contributed by atoms with E-state index in [4.69, 9.17) is 4.74 Å². The van der Waals surface area contributed by atoms with E-state index >= 15 is 0 Å². The van der Waals surface area contributed by atoms with Gasteiger partial charge in [0.1, 0.15) is 0 Å². The van der Waals surface area contributed by atoms with Crippen LogP contribution in [0.5, 0.6) is 0 Å². The van der Waals surface area contributed by atoms with Crippen molar-refractivity contribution in [3.63, 3.8) is 0 Å². The molecule has 2 aliphatic rings. The van der Waals surface area contributed by atoms with Crippen LogP contribution in [0.25, 0.3) is 0 Å². The third kappa shape index (κ3) is 3.10. The highest BCUT2D eigenvalue weighted by Gasteiger charge is 2.30. The van der Waals surface area contributed by atoms with E-state index in [9.17, 15) is 0 Å². The largest absolute Gasteiger partial charge is 0.378 e. The van der Waals surface area contributed by atoms with Gasteiger partial charge in [-0.05, 0) is 43.9 Å². The van der Waals surface area contributed by atoms with Crippen molar-refractivity contribution in [2.75, 3.05) is 31.2 Å². The number of hydrogen-bond donors (Lipinski definition) is 1. The molecule has 1 aliphatic carbocycles. The van der Waals surface area contributed by atoms with E-state index in [0.29, 0.717) is 5.54 Å². The lowest BCUT2D eigenvalue weighted by atomic mass is 9.78. The Hall–Kier alpha value is -1.06. The fourth-order valence-corrected chi connectivity index (χ4v) is 2.85. The number of anilines is 1. The smallest absolute Gasteiger partial charge is 0.0642 e. The minimum Gasteiger partial charge on any atom is -0.378 e. The second kappa shape index (κ2) is 5.51. The zero-order valence-corrected chi connectivity index (χ0v) is 11.8. The van der Waals surface area contributed by atoms with Crippen molar-refractivity contribution >= 4 is 5.69 Å². The Balaban J connectivity index is 1.55. The van der Waals surface area contributed by atoms with Crippen molar-refractivity contribution in [1.82, 2.24) is 5.32 Å². The number of ether oxygens (including phenoxy) is 1. The Bertz CT molecular complexity index is 405. The van der Waals surface area contributed by atoms with Gasteiger partial charge in [-0.3, -0.25) is 0 Å². The molecular weight excluding hydrogens is 236 g/mol. The van der Waals surface area contributed by atoms with Crippen LogP contribution in [0.1, 0.15) is 31.7 Å². The maximum atomic E-state index is 5.39. The summed E-state index contributed by atoms with van der Waals surface area (Å²) in [5.41, 5.74) is 3.09. The van der Waals surface area contributed by atoms with Gasteiger partial charge in [-0.25, -0.2) is 0 Å². The molecule has 0 atom stereocenters. The van der Waals surface area contributed by atoms with Crippen LogP contribution < -0.4 is 10.2 Å². The quantitative estimate of drug-likeness (QED) is 0.900. The van der Waals surface area contributed by atoms with Gasteiger partial charge in [-0.15, -0.1) is 0 Å². The first-order chi connectivity index (χ1) is 9.25. The lowest BCUT2D eigenvalue weighted by molar-refractivity contribution is 0.122. The van der Waals surface area contributed by atoms with Crippen LogP contribution in [-0.4, -0.2) is 31.8 Å². The molecule has 1 aliphatic heterocycles. The van der Waals surface area contributed by atoms with Crippen molar-refractivity contribution in [3.05, 3.63) is 29.8 Å². The van der Waals surface area contributed by atoms with Gasteiger partial charge < -0.3 is 15.0 Å². The monoisotopic (exact) mass is 260 g/mol. The highest BCUT2D eigenvalue weighted by atomic mass is 16.5. The van der Waals surface area contributed by atoms with Crippen molar-refractivity contribution in [2.24, 2.45) is 0 Å². The summed E-state index contributed by atoms with van der Waals surface area (Å²) in [6.45, 7) is 7.03. The second-order valence-corrected chi connectivity index (χ2v) is 6.03. The summed E-state index contributed by atoms with van der Waals surface area (Å²) < 4.78 is 5.39. The number of nitrogens with one attached hydrogen (secondary N) is 1. The van der Waals surface area contributed by atoms with E-state index in [2.05, 4.69) is 41.4 Å². The first kappa shape index (κ1) is 12.9. The first-order valence-corrected chi connectivity index (χ1v) is 7.42. The number of rotatable bonds is 4. The lowest BCUT2D eigenvalue weighted by Crippen LogP contribution is -2.47. The van der Waals surface area contributed by atoms with Crippen LogP contribution >= 0.6 is 0 Å². The van der Waals surface area contributed by atoms with Crippen molar-refractivity contribution in [2.45, 2.75) is 38.3 Å². The van der Waals surface area contributed by atoms with Gasteiger partial charge >= 0.3 is 0 Å². The third-order valence-corrected chi connectivity index (χ3v) is 4.49. The number of benzene rings is 1. The van der Waals surface area contributed by atoms with Gasteiger partial charge in [0, 0.05) is 30.9 Å². The molecule has 19 heavy (non-hydrogen) atoms. The number of morpholine rings is 1. The van der Waals surface area contributed by atoms with E-state index in [-0.39, 0.29) is 0 Å². The molecule has 1 saturated carbocycles. The Morgan fingerprint density at radius 3 is 2.42 bits per heavy atom. The van der Waals surface area contributed by atoms with E-state index < -0.39 is 0 Å². The summed E-state index contributed by atoms with van der Waals surface area (Å²) >= 11 is 0. The molecule has 0 aromatic heterocycles. The Kier molecular flexibility index (Phi) is 3.76. The summed E-state index contributed by atoms with van der Waals surface area (Å²) in [4.78, 5) is 2.40. The number of nitrogens with zero attached hydrogens (tertiary/aromatic N) is 1. The minimum atomic E-state index is 0.392. The van der Waals surface area contributed by atoms with Crippen LogP contribution in [0.15, 0.2) is 24.3 Å². The zero-order valence-electron chi connectivity index (χ0n) is 11.8. The minimum absolute atomic E-state index is 0.392. The topological polar surface area (TPSA) is 24.5 Å². The molecule has 1 saturated heterocycles. The average molecular weight is 260 g/mol. The molecule has 3 nitrogen and oxygen atoms in total. The maximum Gasteiger partial charge on any atom is 0.0642 e. The van der Waals surface area contributed by atoms with E-state index in [1.54, 1.807) is 0 Å². The molecule has 0 unspecified atom stereocenters. The molecule has 1 aromatic carbocycles. The summed E-state index contributed by atoms with van der Waals surface area (Å²) in [6, 6.07) is 8.98. The highest BCUT2D eigenvalue weighted by Crippen LogP contribution is 2.31.